The molecule has 2 rings (SSSR count). The number of phenolic OH excluding ortho intramolecular Hbond substituents is 1. The van der Waals surface area contributed by atoms with Crippen LogP contribution in [-0.2, 0) is 5.75 Å². The van der Waals surface area contributed by atoms with Gasteiger partial charge in [0.15, 0.2) is 0 Å². The number of benzene rings is 2. The number of aromatic carboxylic acids is 1. The molecule has 0 heterocycles. The van der Waals surface area contributed by atoms with Gasteiger partial charge in [-0.2, -0.15) is 0 Å². The first kappa shape index (κ1) is 13.4. The Balaban J connectivity index is 2.15. The van der Waals surface area contributed by atoms with Crippen LogP contribution in [0, 0.1) is 5.82 Å². The van der Waals surface area contributed by atoms with Crippen molar-refractivity contribution in [2.45, 2.75) is 10.6 Å². The van der Waals surface area contributed by atoms with Crippen molar-refractivity contribution < 1.29 is 19.4 Å². The van der Waals surface area contributed by atoms with Crippen molar-refractivity contribution in [2.75, 3.05) is 0 Å². The molecule has 98 valence electrons. The molecule has 0 saturated carbocycles. The molecule has 0 amide bonds. The van der Waals surface area contributed by atoms with E-state index in [2.05, 4.69) is 0 Å². The second-order valence-electron chi connectivity index (χ2n) is 3.90. The lowest BCUT2D eigenvalue weighted by Gasteiger charge is -2.05. The number of phenols is 1. The van der Waals surface area contributed by atoms with Crippen molar-refractivity contribution in [3.05, 3.63) is 59.4 Å². The van der Waals surface area contributed by atoms with Crippen molar-refractivity contribution in [1.82, 2.24) is 0 Å². The van der Waals surface area contributed by atoms with Crippen LogP contribution in [0.5, 0.6) is 5.75 Å². The first-order chi connectivity index (χ1) is 9.06. The van der Waals surface area contributed by atoms with Gasteiger partial charge in [0.2, 0.25) is 0 Å². The van der Waals surface area contributed by atoms with Crippen LogP contribution in [0.15, 0.2) is 47.4 Å². The van der Waals surface area contributed by atoms with Gasteiger partial charge in [-0.25, -0.2) is 9.18 Å². The number of carboxylic acid groups (broad SMARTS) is 1. The number of aromatic hydroxyl groups is 1. The van der Waals surface area contributed by atoms with E-state index in [1.165, 1.54) is 23.9 Å². The molecule has 2 N–H and O–H groups in total. The lowest BCUT2D eigenvalue weighted by atomic mass is 10.1. The summed E-state index contributed by atoms with van der Waals surface area (Å²) in [5.74, 6) is -1.07. The second kappa shape index (κ2) is 5.75. The maximum atomic E-state index is 13.6. The third-order valence-electron chi connectivity index (χ3n) is 2.50. The standard InChI is InChI=1S/C14H11FO3S/c15-13-5-4-9(14(17)18)6-10(13)8-19-12-3-1-2-11(16)7-12/h1-7,16H,8H2,(H,17,18). The number of carbonyl (C=O) groups is 1. The summed E-state index contributed by atoms with van der Waals surface area (Å²) in [6, 6.07) is 10.3. The average Bonchev–Trinajstić information content (AvgIpc) is 2.37. The van der Waals surface area contributed by atoms with Crippen molar-refractivity contribution >= 4 is 17.7 Å². The topological polar surface area (TPSA) is 57.5 Å². The summed E-state index contributed by atoms with van der Waals surface area (Å²) in [5, 5.41) is 18.2. The van der Waals surface area contributed by atoms with Gasteiger partial charge >= 0.3 is 5.97 Å². The Labute approximate surface area is 113 Å². The van der Waals surface area contributed by atoms with Gasteiger partial charge in [-0.1, -0.05) is 6.07 Å². The molecule has 5 heteroatoms. The van der Waals surface area contributed by atoms with E-state index in [0.29, 0.717) is 11.3 Å². The molecule has 0 fully saturated rings. The number of hydrogen-bond acceptors (Lipinski definition) is 3. The first-order valence-electron chi connectivity index (χ1n) is 5.50. The highest BCUT2D eigenvalue weighted by atomic mass is 32.2. The molecule has 0 saturated heterocycles. The molecule has 0 bridgehead atoms. The minimum absolute atomic E-state index is 0.0629. The summed E-state index contributed by atoms with van der Waals surface area (Å²) in [6.45, 7) is 0. The molecule has 0 radical (unpaired) electrons. The van der Waals surface area contributed by atoms with Crippen LogP contribution in [0.4, 0.5) is 4.39 Å². The number of carboxylic acids is 1. The van der Waals surface area contributed by atoms with Gasteiger partial charge in [0.1, 0.15) is 11.6 Å². The Bertz CT molecular complexity index is 613. The Morgan fingerprint density at radius 3 is 2.68 bits per heavy atom. The van der Waals surface area contributed by atoms with Crippen molar-refractivity contribution in [3.63, 3.8) is 0 Å². The van der Waals surface area contributed by atoms with Gasteiger partial charge < -0.3 is 10.2 Å². The molecular weight excluding hydrogens is 267 g/mol. The SMILES string of the molecule is O=C(O)c1ccc(F)c(CSc2cccc(O)c2)c1. The zero-order valence-corrected chi connectivity index (χ0v) is 10.7. The summed E-state index contributed by atoms with van der Waals surface area (Å²) in [4.78, 5) is 11.6. The van der Waals surface area contributed by atoms with E-state index >= 15 is 0 Å². The number of rotatable bonds is 4. The molecule has 0 aromatic heterocycles. The molecule has 2 aromatic carbocycles. The molecule has 0 aliphatic rings. The zero-order chi connectivity index (χ0) is 13.8. The third kappa shape index (κ3) is 3.48. The monoisotopic (exact) mass is 278 g/mol. The van der Waals surface area contributed by atoms with Crippen molar-refractivity contribution in [2.24, 2.45) is 0 Å². The third-order valence-corrected chi connectivity index (χ3v) is 3.55. The highest BCUT2D eigenvalue weighted by molar-refractivity contribution is 7.98. The van der Waals surface area contributed by atoms with E-state index in [-0.39, 0.29) is 11.3 Å². The fourth-order valence-corrected chi connectivity index (χ4v) is 2.48. The van der Waals surface area contributed by atoms with E-state index in [4.69, 9.17) is 5.11 Å². The lowest BCUT2D eigenvalue weighted by molar-refractivity contribution is 0.0696. The maximum absolute atomic E-state index is 13.6. The number of halogens is 1. The highest BCUT2D eigenvalue weighted by Crippen LogP contribution is 2.27. The van der Waals surface area contributed by atoms with Crippen molar-refractivity contribution in [1.29, 1.82) is 0 Å². The predicted molar refractivity (Wildman–Crippen MR) is 71.0 cm³/mol. The fourth-order valence-electron chi connectivity index (χ4n) is 1.55. The minimum atomic E-state index is -1.08. The van der Waals surface area contributed by atoms with Gasteiger partial charge in [0.25, 0.3) is 0 Å². The van der Waals surface area contributed by atoms with Gasteiger partial charge in [0, 0.05) is 10.6 Å². The number of thioether (sulfide) groups is 1. The molecule has 0 atom stereocenters. The zero-order valence-electron chi connectivity index (χ0n) is 9.84. The summed E-state index contributed by atoms with van der Waals surface area (Å²) >= 11 is 1.33. The molecule has 0 aliphatic heterocycles. The van der Waals surface area contributed by atoms with Gasteiger partial charge in [-0.15, -0.1) is 11.8 Å². The van der Waals surface area contributed by atoms with Crippen LogP contribution in [0.3, 0.4) is 0 Å². The predicted octanol–water partition coefficient (Wildman–Crippen LogP) is 3.52. The Hall–Kier alpha value is -2.01. The fraction of sp³-hybridized carbons (Fsp3) is 0.0714. The number of hydrogen-bond donors (Lipinski definition) is 2. The minimum Gasteiger partial charge on any atom is -0.508 e. The van der Waals surface area contributed by atoms with Crippen LogP contribution in [0.2, 0.25) is 0 Å². The van der Waals surface area contributed by atoms with E-state index in [0.717, 1.165) is 11.0 Å². The second-order valence-corrected chi connectivity index (χ2v) is 4.95. The van der Waals surface area contributed by atoms with Crippen LogP contribution in [0.25, 0.3) is 0 Å². The van der Waals surface area contributed by atoms with Gasteiger partial charge in [-0.3, -0.25) is 0 Å². The maximum Gasteiger partial charge on any atom is 0.335 e. The Kier molecular flexibility index (Phi) is 4.06. The summed E-state index contributed by atoms with van der Waals surface area (Å²) in [7, 11) is 0. The normalized spacial score (nSPS) is 10.4. The molecule has 2 aromatic rings. The highest BCUT2D eigenvalue weighted by Gasteiger charge is 2.09. The van der Waals surface area contributed by atoms with E-state index < -0.39 is 11.8 Å². The van der Waals surface area contributed by atoms with Gasteiger partial charge in [-0.05, 0) is 42.0 Å². The van der Waals surface area contributed by atoms with E-state index in [1.807, 2.05) is 0 Å². The van der Waals surface area contributed by atoms with Gasteiger partial charge in [0.05, 0.1) is 5.56 Å². The average molecular weight is 278 g/mol. The van der Waals surface area contributed by atoms with Crippen molar-refractivity contribution in [3.8, 4) is 5.75 Å². The Morgan fingerprint density at radius 1 is 1.21 bits per heavy atom. The Morgan fingerprint density at radius 2 is 2.00 bits per heavy atom. The first-order valence-corrected chi connectivity index (χ1v) is 6.48. The van der Waals surface area contributed by atoms with Crippen LogP contribution in [-0.4, -0.2) is 16.2 Å². The van der Waals surface area contributed by atoms with Crippen LogP contribution < -0.4 is 0 Å². The lowest BCUT2D eigenvalue weighted by Crippen LogP contribution is -1.99. The molecular formula is C14H11FO3S. The summed E-state index contributed by atoms with van der Waals surface area (Å²) in [5.41, 5.74) is 0.390. The van der Waals surface area contributed by atoms with E-state index in [9.17, 15) is 14.3 Å². The largest absolute Gasteiger partial charge is 0.508 e. The molecule has 19 heavy (non-hydrogen) atoms. The molecule has 3 nitrogen and oxygen atoms in total. The summed E-state index contributed by atoms with van der Waals surface area (Å²) in [6.07, 6.45) is 0. The quantitative estimate of drug-likeness (QED) is 0.840. The van der Waals surface area contributed by atoms with Crippen LogP contribution in [0.1, 0.15) is 15.9 Å². The van der Waals surface area contributed by atoms with E-state index in [1.54, 1.807) is 24.3 Å². The molecule has 0 spiro atoms. The van der Waals surface area contributed by atoms with Crippen LogP contribution >= 0.6 is 11.8 Å². The molecule has 0 unspecified atom stereocenters. The smallest absolute Gasteiger partial charge is 0.335 e. The molecule has 0 aliphatic carbocycles. The summed E-state index contributed by atoms with van der Waals surface area (Å²) < 4.78 is 13.6.